The number of hydrogen-bond acceptors (Lipinski definition) is 4. The first-order valence-electron chi connectivity index (χ1n) is 6.73. The van der Waals surface area contributed by atoms with Gasteiger partial charge >= 0.3 is 6.03 Å². The van der Waals surface area contributed by atoms with E-state index < -0.39 is 0 Å². The molecule has 112 valence electrons. The zero-order chi connectivity index (χ0) is 15.2. The largest absolute Gasteiger partial charge is 0.394 e. The van der Waals surface area contributed by atoms with Crippen molar-refractivity contribution < 1.29 is 9.90 Å². The fourth-order valence-electron chi connectivity index (χ4n) is 1.75. The van der Waals surface area contributed by atoms with Crippen LogP contribution in [0.5, 0.6) is 0 Å². The standard InChI is InChI=1S/C15H19N3O2S/c1-11(9-19)18(2)15(20)17-14-16-13(10-21-14)8-12-6-4-3-5-7-12/h3-7,10-11,19H,8-9H2,1-2H3,(H,16,17,20)/t11-/m0/s1. The maximum absolute atomic E-state index is 12.0. The van der Waals surface area contributed by atoms with Crippen molar-refractivity contribution >= 4 is 22.5 Å². The van der Waals surface area contributed by atoms with Crippen molar-refractivity contribution in [2.45, 2.75) is 19.4 Å². The third-order valence-corrected chi connectivity index (χ3v) is 4.05. The molecule has 0 saturated carbocycles. The Morgan fingerprint density at radius 1 is 1.43 bits per heavy atom. The van der Waals surface area contributed by atoms with Gasteiger partial charge in [0.05, 0.1) is 18.3 Å². The Morgan fingerprint density at radius 2 is 2.14 bits per heavy atom. The Morgan fingerprint density at radius 3 is 2.81 bits per heavy atom. The lowest BCUT2D eigenvalue weighted by Gasteiger charge is -2.22. The minimum atomic E-state index is -0.267. The molecule has 0 aliphatic heterocycles. The molecule has 0 aliphatic rings. The van der Waals surface area contributed by atoms with Gasteiger partial charge in [-0.3, -0.25) is 5.32 Å². The summed E-state index contributed by atoms with van der Waals surface area (Å²) in [6.45, 7) is 1.71. The molecule has 1 aromatic carbocycles. The Hall–Kier alpha value is -1.92. The number of hydrogen-bond donors (Lipinski definition) is 2. The number of benzene rings is 1. The van der Waals surface area contributed by atoms with Crippen LogP contribution in [-0.2, 0) is 6.42 Å². The van der Waals surface area contributed by atoms with Crippen molar-refractivity contribution in [2.24, 2.45) is 0 Å². The average molecular weight is 305 g/mol. The van der Waals surface area contributed by atoms with Gasteiger partial charge in [0.25, 0.3) is 0 Å². The van der Waals surface area contributed by atoms with E-state index >= 15 is 0 Å². The molecular formula is C15H19N3O2S. The molecule has 0 aliphatic carbocycles. The van der Waals surface area contributed by atoms with Gasteiger partial charge in [-0.2, -0.15) is 0 Å². The average Bonchev–Trinajstić information content (AvgIpc) is 2.93. The highest BCUT2D eigenvalue weighted by Crippen LogP contribution is 2.18. The third-order valence-electron chi connectivity index (χ3n) is 3.24. The van der Waals surface area contributed by atoms with Crippen molar-refractivity contribution in [3.05, 3.63) is 47.0 Å². The van der Waals surface area contributed by atoms with Crippen molar-refractivity contribution in [1.82, 2.24) is 9.88 Å². The molecule has 2 N–H and O–H groups in total. The van der Waals surface area contributed by atoms with E-state index in [2.05, 4.69) is 10.3 Å². The molecule has 0 bridgehead atoms. The quantitative estimate of drug-likeness (QED) is 0.892. The van der Waals surface area contributed by atoms with Gasteiger partial charge in [-0.25, -0.2) is 9.78 Å². The number of carbonyl (C=O) groups excluding carboxylic acids is 1. The highest BCUT2D eigenvalue weighted by Gasteiger charge is 2.16. The summed E-state index contributed by atoms with van der Waals surface area (Å²) < 4.78 is 0. The van der Waals surface area contributed by atoms with E-state index in [0.717, 1.165) is 12.1 Å². The van der Waals surface area contributed by atoms with Gasteiger partial charge in [-0.05, 0) is 12.5 Å². The van der Waals surface area contributed by atoms with Crippen LogP contribution >= 0.6 is 11.3 Å². The topological polar surface area (TPSA) is 65.5 Å². The normalized spacial score (nSPS) is 12.0. The van der Waals surface area contributed by atoms with Crippen LogP contribution in [0, 0.1) is 0 Å². The molecule has 2 aromatic rings. The van der Waals surface area contributed by atoms with Gasteiger partial charge in [0, 0.05) is 18.8 Å². The molecule has 1 atom stereocenters. The number of anilines is 1. The van der Waals surface area contributed by atoms with Crippen molar-refractivity contribution in [2.75, 3.05) is 19.0 Å². The van der Waals surface area contributed by atoms with E-state index in [-0.39, 0.29) is 18.7 Å². The monoisotopic (exact) mass is 305 g/mol. The summed E-state index contributed by atoms with van der Waals surface area (Å²) in [4.78, 5) is 17.8. The molecule has 0 spiro atoms. The number of likely N-dealkylation sites (N-methyl/N-ethyl adjacent to an activating group) is 1. The van der Waals surface area contributed by atoms with Crippen LogP contribution in [0.15, 0.2) is 35.7 Å². The van der Waals surface area contributed by atoms with Gasteiger partial charge in [0.2, 0.25) is 0 Å². The van der Waals surface area contributed by atoms with Gasteiger partial charge in [-0.1, -0.05) is 30.3 Å². The first kappa shape index (κ1) is 15.5. The Bertz CT molecular complexity index is 586. The van der Waals surface area contributed by atoms with Crippen LogP contribution in [0.2, 0.25) is 0 Å². The van der Waals surface area contributed by atoms with Gasteiger partial charge < -0.3 is 10.0 Å². The molecule has 2 rings (SSSR count). The van der Waals surface area contributed by atoms with Crippen molar-refractivity contribution in [3.8, 4) is 0 Å². The van der Waals surface area contributed by atoms with E-state index in [9.17, 15) is 4.79 Å². The molecule has 0 fully saturated rings. The van der Waals surface area contributed by atoms with Crippen molar-refractivity contribution in [3.63, 3.8) is 0 Å². The highest BCUT2D eigenvalue weighted by molar-refractivity contribution is 7.13. The number of rotatable bonds is 5. The van der Waals surface area contributed by atoms with Gasteiger partial charge in [0.15, 0.2) is 5.13 Å². The molecule has 21 heavy (non-hydrogen) atoms. The van der Waals surface area contributed by atoms with E-state index in [1.165, 1.54) is 21.8 Å². The summed E-state index contributed by atoms with van der Waals surface area (Å²) in [7, 11) is 1.65. The Balaban J connectivity index is 1.96. The molecule has 0 radical (unpaired) electrons. The number of aliphatic hydroxyl groups excluding tert-OH is 1. The smallest absolute Gasteiger partial charge is 0.323 e. The summed E-state index contributed by atoms with van der Waals surface area (Å²) in [6.07, 6.45) is 0.746. The summed E-state index contributed by atoms with van der Waals surface area (Å²) in [6, 6.07) is 9.58. The maximum Gasteiger partial charge on any atom is 0.323 e. The van der Waals surface area contributed by atoms with E-state index in [4.69, 9.17) is 5.11 Å². The summed E-state index contributed by atoms with van der Waals surface area (Å²) in [5.41, 5.74) is 2.12. The minimum Gasteiger partial charge on any atom is -0.394 e. The number of thiazole rings is 1. The third kappa shape index (κ3) is 4.27. The number of amides is 2. The SMILES string of the molecule is C[C@@H](CO)N(C)C(=O)Nc1nc(Cc2ccccc2)cs1. The zero-order valence-corrected chi connectivity index (χ0v) is 12.9. The molecule has 0 saturated heterocycles. The number of nitrogens with zero attached hydrogens (tertiary/aromatic N) is 2. The minimum absolute atomic E-state index is 0.0684. The van der Waals surface area contributed by atoms with Gasteiger partial charge in [0.1, 0.15) is 0 Å². The molecule has 2 amide bonds. The molecule has 6 heteroatoms. The second-order valence-electron chi connectivity index (χ2n) is 4.88. The predicted octanol–water partition coefficient (Wildman–Crippen LogP) is 2.58. The van der Waals surface area contributed by atoms with Crippen molar-refractivity contribution in [1.29, 1.82) is 0 Å². The molecule has 0 unspecified atom stereocenters. The summed E-state index contributed by atoms with van der Waals surface area (Å²) in [5.74, 6) is 0. The number of nitrogens with one attached hydrogen (secondary N) is 1. The lowest BCUT2D eigenvalue weighted by molar-refractivity contribution is 0.166. The zero-order valence-electron chi connectivity index (χ0n) is 12.1. The van der Waals surface area contributed by atoms with E-state index in [1.807, 2.05) is 35.7 Å². The molecule has 5 nitrogen and oxygen atoms in total. The van der Waals surface area contributed by atoms with Crippen LogP contribution in [0.1, 0.15) is 18.2 Å². The van der Waals surface area contributed by atoms with Crippen LogP contribution in [0.25, 0.3) is 0 Å². The van der Waals surface area contributed by atoms with Crippen LogP contribution < -0.4 is 5.32 Å². The first-order chi connectivity index (χ1) is 10.1. The first-order valence-corrected chi connectivity index (χ1v) is 7.61. The fourth-order valence-corrected chi connectivity index (χ4v) is 2.45. The molecular weight excluding hydrogens is 286 g/mol. The second kappa shape index (κ2) is 7.19. The predicted molar refractivity (Wildman–Crippen MR) is 84.7 cm³/mol. The lowest BCUT2D eigenvalue weighted by atomic mass is 10.1. The van der Waals surface area contributed by atoms with Gasteiger partial charge in [-0.15, -0.1) is 11.3 Å². The lowest BCUT2D eigenvalue weighted by Crippen LogP contribution is -2.40. The maximum atomic E-state index is 12.0. The second-order valence-corrected chi connectivity index (χ2v) is 5.74. The summed E-state index contributed by atoms with van der Waals surface area (Å²) in [5, 5.41) is 14.3. The fraction of sp³-hybridized carbons (Fsp3) is 0.333. The Labute approximate surface area is 128 Å². The van der Waals surface area contributed by atoms with E-state index in [1.54, 1.807) is 14.0 Å². The molecule has 1 aromatic heterocycles. The van der Waals surface area contributed by atoms with Crippen LogP contribution in [-0.4, -0.2) is 40.7 Å². The highest BCUT2D eigenvalue weighted by atomic mass is 32.1. The number of carbonyl (C=O) groups is 1. The van der Waals surface area contributed by atoms with Crippen LogP contribution in [0.4, 0.5) is 9.93 Å². The number of urea groups is 1. The number of aliphatic hydroxyl groups is 1. The Kier molecular flexibility index (Phi) is 5.30. The van der Waals surface area contributed by atoms with Crippen LogP contribution in [0.3, 0.4) is 0 Å². The summed E-state index contributed by atoms with van der Waals surface area (Å²) >= 11 is 1.40. The van der Waals surface area contributed by atoms with E-state index in [0.29, 0.717) is 5.13 Å². The number of aromatic nitrogens is 1. The molecule has 1 heterocycles.